The van der Waals surface area contributed by atoms with Crippen molar-refractivity contribution in [1.82, 2.24) is 4.98 Å². The topological polar surface area (TPSA) is 150 Å². The molecular weight excluding hydrogens is 548 g/mol. The third-order valence-corrected chi connectivity index (χ3v) is 7.11. The predicted octanol–water partition coefficient (Wildman–Crippen LogP) is 3.93. The van der Waals surface area contributed by atoms with E-state index in [0.29, 0.717) is 24.5 Å². The first-order chi connectivity index (χ1) is 17.7. The van der Waals surface area contributed by atoms with Gasteiger partial charge in [-0.3, -0.25) is 4.79 Å². The summed E-state index contributed by atoms with van der Waals surface area (Å²) >= 11 is -5.14. The van der Waals surface area contributed by atoms with Crippen LogP contribution in [-0.4, -0.2) is 47.5 Å². The number of hydrogen-bond acceptors (Lipinski definition) is 7. The van der Waals surface area contributed by atoms with Crippen molar-refractivity contribution in [2.24, 2.45) is 0 Å². The number of ether oxygens (including phenoxy) is 1. The van der Waals surface area contributed by atoms with E-state index in [2.05, 4.69) is 42.4 Å². The van der Waals surface area contributed by atoms with Crippen molar-refractivity contribution in [3.63, 3.8) is 0 Å². The van der Waals surface area contributed by atoms with Crippen LogP contribution in [0.1, 0.15) is 13.8 Å². The van der Waals surface area contributed by atoms with E-state index in [1.165, 1.54) is 60.3 Å². The third kappa shape index (κ3) is 9.58. The molecule has 4 aromatic rings. The Morgan fingerprint density at radius 1 is 1.08 bits per heavy atom. The van der Waals surface area contributed by atoms with Crippen molar-refractivity contribution in [1.29, 1.82) is 0 Å². The predicted molar refractivity (Wildman–Crippen MR) is 138 cm³/mol. The van der Waals surface area contributed by atoms with Gasteiger partial charge in [-0.2, -0.15) is 0 Å². The van der Waals surface area contributed by atoms with Gasteiger partial charge in [-0.05, 0) is 24.4 Å². The summed E-state index contributed by atoms with van der Waals surface area (Å²) in [5, 5.41) is 15.2. The Hall–Kier alpha value is -3.89. The molecule has 0 saturated carbocycles. The molecule has 4 rings (SSSR count). The van der Waals surface area contributed by atoms with Crippen molar-refractivity contribution >= 4 is 58.9 Å². The van der Waals surface area contributed by atoms with Gasteiger partial charge in [0.1, 0.15) is 0 Å². The van der Waals surface area contributed by atoms with Gasteiger partial charge in [-0.1, -0.05) is 18.2 Å². The van der Waals surface area contributed by atoms with Crippen LogP contribution >= 0.6 is 0 Å². The van der Waals surface area contributed by atoms with E-state index in [1.807, 2.05) is 18.3 Å². The molecule has 10 nitrogen and oxygen atoms in total. The summed E-state index contributed by atoms with van der Waals surface area (Å²) in [4.78, 5) is 23.5. The van der Waals surface area contributed by atoms with Crippen LogP contribution in [0.4, 0.5) is 21.5 Å². The molecule has 196 valence electrons. The summed E-state index contributed by atoms with van der Waals surface area (Å²) < 4.78 is 42.0. The van der Waals surface area contributed by atoms with Crippen LogP contribution in [0, 0.1) is 5.82 Å². The minimum atomic E-state index is -5.14. The van der Waals surface area contributed by atoms with E-state index in [0.717, 1.165) is 0 Å². The number of carbonyl (C=O) groups is 2. The number of fused-ring (bicyclic) bond motifs is 1. The molecule has 37 heavy (non-hydrogen) atoms. The fraction of sp³-hybridized carbons (Fsp3) is 0.120. The standard InChI is InChI=1S/C14H14AsFN2O5.C8H7N.C3H6O2/c1-9(19)17-14-8-12(6-7-13(14)15(20,21)23-22)18-11-4-2-10(16)3-5-11;1-2-4-8-7(3-1)5-6-9-8;1-2-5-3-4/h2-8,18,22H,1H3,(H,17,19)(H,20,21);1-6,9H;3H,2H2,1H3. The second-order valence-corrected chi connectivity index (χ2v) is 10.8. The van der Waals surface area contributed by atoms with Crippen molar-refractivity contribution in [2.75, 3.05) is 17.2 Å². The van der Waals surface area contributed by atoms with Gasteiger partial charge in [0.25, 0.3) is 6.47 Å². The van der Waals surface area contributed by atoms with E-state index in [9.17, 15) is 21.8 Å². The van der Waals surface area contributed by atoms with Gasteiger partial charge in [0.2, 0.25) is 0 Å². The van der Waals surface area contributed by atoms with Gasteiger partial charge in [0.15, 0.2) is 0 Å². The number of amides is 1. The molecule has 0 aliphatic heterocycles. The van der Waals surface area contributed by atoms with Crippen LogP contribution < -0.4 is 15.0 Å². The number of anilines is 3. The van der Waals surface area contributed by atoms with E-state index in [4.69, 9.17) is 5.26 Å². The molecule has 1 heterocycles. The SMILES string of the molecule is CC(=O)Nc1cc(Nc2ccc(F)cc2)ccc1[As](=O)(O)OO.CCOC=O.c1ccc2[nH]ccc2c1. The zero-order chi connectivity index (χ0) is 27.3. The molecule has 0 aliphatic carbocycles. The minimum absolute atomic E-state index is 0.0312. The first kappa shape index (κ1) is 29.3. The number of rotatable bonds is 7. The van der Waals surface area contributed by atoms with Gasteiger partial charge in [0.05, 0.1) is 6.61 Å². The summed E-state index contributed by atoms with van der Waals surface area (Å²) in [5.74, 6) is -0.840. The molecular formula is C25H27AsFN3O7. The van der Waals surface area contributed by atoms with Gasteiger partial charge in [-0.15, -0.1) is 0 Å². The molecule has 0 fully saturated rings. The summed E-state index contributed by atoms with van der Waals surface area (Å²) in [7, 11) is 0. The van der Waals surface area contributed by atoms with E-state index >= 15 is 0 Å². The molecule has 1 unspecified atom stereocenters. The Morgan fingerprint density at radius 2 is 1.76 bits per heavy atom. The molecule has 0 aliphatic rings. The number of aromatic nitrogens is 1. The van der Waals surface area contributed by atoms with Crippen LogP contribution in [0.25, 0.3) is 10.9 Å². The van der Waals surface area contributed by atoms with Crippen LogP contribution in [0.3, 0.4) is 0 Å². The minimum Gasteiger partial charge on any atom is -0.468 e. The van der Waals surface area contributed by atoms with Gasteiger partial charge in [-0.25, -0.2) is 0 Å². The summed E-state index contributed by atoms with van der Waals surface area (Å²) in [5.41, 5.74) is 2.31. The maximum atomic E-state index is 12.9. The Bertz CT molecular complexity index is 1320. The summed E-state index contributed by atoms with van der Waals surface area (Å²) in [6.07, 6.45) is 1.95. The second-order valence-electron chi connectivity index (χ2n) is 7.26. The third-order valence-electron chi connectivity index (χ3n) is 4.55. The number of hydrogen-bond donors (Lipinski definition) is 5. The number of halogens is 1. The average molecular weight is 575 g/mol. The number of H-pyrrole nitrogens is 1. The van der Waals surface area contributed by atoms with Gasteiger partial charge in [0, 0.05) is 11.7 Å². The second kappa shape index (κ2) is 14.6. The smallest absolute Gasteiger partial charge is 0.293 e. The van der Waals surface area contributed by atoms with Crippen LogP contribution in [0.15, 0.2) is 79.0 Å². The molecule has 0 spiro atoms. The molecule has 0 bridgehead atoms. The Balaban J connectivity index is 0.000000278. The Morgan fingerprint density at radius 3 is 2.32 bits per heavy atom. The van der Waals surface area contributed by atoms with Crippen molar-refractivity contribution in [2.45, 2.75) is 13.8 Å². The largest absolute Gasteiger partial charge is 0.468 e. The number of para-hydroxylation sites is 1. The van der Waals surface area contributed by atoms with Crippen molar-refractivity contribution in [3.8, 4) is 0 Å². The monoisotopic (exact) mass is 575 g/mol. The first-order valence-corrected chi connectivity index (χ1v) is 14.2. The molecule has 1 atom stereocenters. The maximum Gasteiger partial charge on any atom is 0.293 e. The zero-order valence-electron chi connectivity index (χ0n) is 20.1. The number of nitrogens with one attached hydrogen (secondary N) is 3. The average Bonchev–Trinajstić information content (AvgIpc) is 3.35. The zero-order valence-corrected chi connectivity index (χ0v) is 21.9. The summed E-state index contributed by atoms with van der Waals surface area (Å²) in [6, 6.07) is 20.0. The van der Waals surface area contributed by atoms with Crippen LogP contribution in [-0.2, 0) is 21.9 Å². The van der Waals surface area contributed by atoms with E-state index in [-0.39, 0.29) is 15.9 Å². The quantitative estimate of drug-likeness (QED) is 0.0963. The maximum absolute atomic E-state index is 12.9. The van der Waals surface area contributed by atoms with Crippen LogP contribution in [0.2, 0.25) is 0 Å². The Labute approximate surface area is 215 Å². The van der Waals surface area contributed by atoms with E-state index in [1.54, 1.807) is 6.92 Å². The molecule has 1 amide bonds. The Kier molecular flexibility index (Phi) is 11.6. The normalized spacial score (nSPS) is 11.6. The van der Waals surface area contributed by atoms with Crippen molar-refractivity contribution < 1.29 is 35.7 Å². The van der Waals surface area contributed by atoms with Crippen molar-refractivity contribution in [3.05, 3.63) is 84.8 Å². The molecule has 1 aromatic heterocycles. The molecule has 5 N–H and O–H groups in total. The first-order valence-electron chi connectivity index (χ1n) is 10.9. The van der Waals surface area contributed by atoms with Gasteiger partial charge < -0.3 is 9.72 Å². The number of benzene rings is 3. The molecule has 0 saturated heterocycles. The van der Waals surface area contributed by atoms with Crippen LogP contribution in [0.5, 0.6) is 0 Å². The fourth-order valence-corrected chi connectivity index (χ4v) is 4.58. The summed E-state index contributed by atoms with van der Waals surface area (Å²) in [6.45, 7) is 3.90. The van der Waals surface area contributed by atoms with Gasteiger partial charge >= 0.3 is 133 Å². The molecule has 3 aromatic carbocycles. The number of carbonyl (C=O) groups excluding carboxylic acids is 2. The molecule has 0 radical (unpaired) electrons. The molecule has 12 heteroatoms. The number of aromatic amines is 1. The fourth-order valence-electron chi connectivity index (χ4n) is 2.96. The van der Waals surface area contributed by atoms with E-state index < -0.39 is 20.1 Å².